The van der Waals surface area contributed by atoms with E-state index >= 15 is 0 Å². The summed E-state index contributed by atoms with van der Waals surface area (Å²) in [6.07, 6.45) is 3.70. The fraction of sp³-hybridized carbons (Fsp3) is 0.348. The first-order valence-electron chi connectivity index (χ1n) is 10.5. The molecule has 1 aliphatic rings. The molecule has 0 fully saturated rings. The third kappa shape index (κ3) is 5.47. The van der Waals surface area contributed by atoms with Crippen molar-refractivity contribution in [3.63, 3.8) is 0 Å². The third-order valence-corrected chi connectivity index (χ3v) is 6.80. The van der Waals surface area contributed by atoms with Crippen molar-refractivity contribution in [2.24, 2.45) is 0 Å². The van der Waals surface area contributed by atoms with Crippen molar-refractivity contribution in [2.45, 2.75) is 37.5 Å². The fourth-order valence-electron chi connectivity index (χ4n) is 3.90. The van der Waals surface area contributed by atoms with Gasteiger partial charge >= 0.3 is 0 Å². The molecule has 2 aromatic carbocycles. The van der Waals surface area contributed by atoms with E-state index in [0.717, 1.165) is 31.6 Å². The number of benzene rings is 2. The van der Waals surface area contributed by atoms with E-state index < -0.39 is 0 Å². The summed E-state index contributed by atoms with van der Waals surface area (Å²) < 4.78 is 1.84. The predicted octanol–water partition coefficient (Wildman–Crippen LogP) is 3.97. The first kappa shape index (κ1) is 21.9. The monoisotopic (exact) mass is 455 g/mol. The molecule has 0 saturated heterocycles. The summed E-state index contributed by atoms with van der Waals surface area (Å²) in [7, 11) is 0. The van der Waals surface area contributed by atoms with Crippen LogP contribution in [-0.2, 0) is 17.8 Å². The molecule has 0 radical (unpaired) electrons. The van der Waals surface area contributed by atoms with E-state index in [0.29, 0.717) is 28.5 Å². The lowest BCUT2D eigenvalue weighted by Crippen LogP contribution is -2.46. The maximum atomic E-state index is 12.5. The Labute approximate surface area is 192 Å². The Morgan fingerprint density at radius 3 is 2.87 bits per heavy atom. The molecule has 1 unspecified atom stereocenters. The van der Waals surface area contributed by atoms with Gasteiger partial charge in [-0.15, -0.1) is 10.2 Å². The lowest BCUT2D eigenvalue weighted by atomic mass is 9.98. The predicted molar refractivity (Wildman–Crippen MR) is 125 cm³/mol. The van der Waals surface area contributed by atoms with E-state index in [4.69, 9.17) is 11.6 Å². The van der Waals surface area contributed by atoms with Crippen LogP contribution in [0.5, 0.6) is 0 Å². The third-order valence-electron chi connectivity index (χ3n) is 5.62. The molecular weight excluding hydrogens is 430 g/mol. The van der Waals surface area contributed by atoms with Gasteiger partial charge in [-0.3, -0.25) is 14.3 Å². The number of halogens is 1. The molecule has 3 aromatic rings. The fourth-order valence-corrected chi connectivity index (χ4v) is 4.84. The summed E-state index contributed by atoms with van der Waals surface area (Å²) in [6.45, 7) is 4.81. The Balaban J connectivity index is 1.29. The number of hydrogen-bond donors (Lipinski definition) is 1. The van der Waals surface area contributed by atoms with Crippen molar-refractivity contribution in [3.8, 4) is 5.69 Å². The van der Waals surface area contributed by atoms with E-state index in [1.54, 1.807) is 6.33 Å². The summed E-state index contributed by atoms with van der Waals surface area (Å²) in [5.41, 5.74) is 3.71. The van der Waals surface area contributed by atoms with Gasteiger partial charge in [-0.25, -0.2) is 0 Å². The second-order valence-corrected chi connectivity index (χ2v) is 8.99. The van der Waals surface area contributed by atoms with Crippen LogP contribution in [0.2, 0.25) is 5.02 Å². The van der Waals surface area contributed by atoms with Crippen molar-refractivity contribution in [3.05, 3.63) is 71.0 Å². The zero-order valence-corrected chi connectivity index (χ0v) is 19.1. The summed E-state index contributed by atoms with van der Waals surface area (Å²) in [5, 5.41) is 12.5. The second kappa shape index (κ2) is 10.3. The number of nitrogens with zero attached hydrogens (tertiary/aromatic N) is 4. The Hall–Kier alpha value is -2.35. The molecule has 0 aliphatic carbocycles. The molecule has 0 spiro atoms. The van der Waals surface area contributed by atoms with Crippen LogP contribution in [0, 0.1) is 0 Å². The number of rotatable bonds is 8. The second-order valence-electron chi connectivity index (χ2n) is 7.61. The van der Waals surface area contributed by atoms with Crippen LogP contribution in [0.15, 0.2) is 60.0 Å². The highest BCUT2D eigenvalue weighted by atomic mass is 35.5. The van der Waals surface area contributed by atoms with Gasteiger partial charge in [-0.05, 0) is 42.2 Å². The number of aromatic nitrogens is 3. The van der Waals surface area contributed by atoms with E-state index in [2.05, 4.69) is 51.6 Å². The minimum Gasteiger partial charge on any atom is -0.354 e. The van der Waals surface area contributed by atoms with Gasteiger partial charge in [-0.1, -0.05) is 60.6 Å². The summed E-state index contributed by atoms with van der Waals surface area (Å²) >= 11 is 7.46. The minimum atomic E-state index is 0.00139. The smallest absolute Gasteiger partial charge is 0.230 e. The van der Waals surface area contributed by atoms with Gasteiger partial charge < -0.3 is 5.32 Å². The van der Waals surface area contributed by atoms with Crippen molar-refractivity contribution in [1.29, 1.82) is 0 Å². The van der Waals surface area contributed by atoms with Gasteiger partial charge in [0.2, 0.25) is 5.91 Å². The van der Waals surface area contributed by atoms with Crippen LogP contribution in [0.3, 0.4) is 0 Å². The molecule has 1 atom stereocenters. The SMILES string of the molecule is CCC(CNC(=O)CSc1nncn1-c1cccc(Cl)c1)N1CCc2ccccc2C1. The van der Waals surface area contributed by atoms with E-state index in [9.17, 15) is 4.79 Å². The molecular formula is C23H26ClN5OS. The van der Waals surface area contributed by atoms with E-state index in [-0.39, 0.29) is 5.91 Å². The molecule has 31 heavy (non-hydrogen) atoms. The quantitative estimate of drug-likeness (QED) is 0.521. The molecule has 0 bridgehead atoms. The molecule has 4 rings (SSSR count). The van der Waals surface area contributed by atoms with Gasteiger partial charge in [0.25, 0.3) is 0 Å². The Morgan fingerprint density at radius 2 is 2.06 bits per heavy atom. The Morgan fingerprint density at radius 1 is 1.23 bits per heavy atom. The molecule has 1 aromatic heterocycles. The van der Waals surface area contributed by atoms with Crippen LogP contribution in [0.1, 0.15) is 24.5 Å². The van der Waals surface area contributed by atoms with Gasteiger partial charge in [0.1, 0.15) is 6.33 Å². The number of thioether (sulfide) groups is 1. The van der Waals surface area contributed by atoms with Crippen molar-refractivity contribution >= 4 is 29.3 Å². The number of hydrogen-bond acceptors (Lipinski definition) is 5. The average Bonchev–Trinajstić information content (AvgIpc) is 3.27. The average molecular weight is 456 g/mol. The summed E-state index contributed by atoms with van der Waals surface area (Å²) in [6, 6.07) is 16.4. The first-order chi connectivity index (χ1) is 15.1. The molecule has 0 saturated carbocycles. The lowest BCUT2D eigenvalue weighted by Gasteiger charge is -2.35. The van der Waals surface area contributed by atoms with Crippen molar-refractivity contribution in [1.82, 2.24) is 25.0 Å². The van der Waals surface area contributed by atoms with E-state index in [1.807, 2.05) is 28.8 Å². The molecule has 8 heteroatoms. The molecule has 2 heterocycles. The highest BCUT2D eigenvalue weighted by molar-refractivity contribution is 7.99. The summed E-state index contributed by atoms with van der Waals surface area (Å²) in [4.78, 5) is 15.0. The highest BCUT2D eigenvalue weighted by Crippen LogP contribution is 2.22. The van der Waals surface area contributed by atoms with Crippen molar-refractivity contribution in [2.75, 3.05) is 18.8 Å². The number of carbonyl (C=O) groups excluding carboxylic acids is 1. The zero-order valence-electron chi connectivity index (χ0n) is 17.5. The Bertz CT molecular complexity index is 1040. The maximum Gasteiger partial charge on any atom is 0.230 e. The zero-order chi connectivity index (χ0) is 21.6. The molecule has 162 valence electrons. The first-order valence-corrected chi connectivity index (χ1v) is 11.9. The highest BCUT2D eigenvalue weighted by Gasteiger charge is 2.22. The van der Waals surface area contributed by atoms with Crippen LogP contribution in [0.4, 0.5) is 0 Å². The van der Waals surface area contributed by atoms with Crippen LogP contribution >= 0.6 is 23.4 Å². The molecule has 1 aliphatic heterocycles. The van der Waals surface area contributed by atoms with Gasteiger partial charge in [0, 0.05) is 30.7 Å². The van der Waals surface area contributed by atoms with Crippen LogP contribution < -0.4 is 5.32 Å². The van der Waals surface area contributed by atoms with Crippen LogP contribution in [0.25, 0.3) is 5.69 Å². The Kier molecular flexibility index (Phi) is 7.27. The molecule has 6 nitrogen and oxygen atoms in total. The van der Waals surface area contributed by atoms with Crippen LogP contribution in [-0.4, -0.2) is 50.5 Å². The molecule has 1 N–H and O–H groups in total. The number of carbonyl (C=O) groups is 1. The molecule has 1 amide bonds. The van der Waals surface area contributed by atoms with Crippen molar-refractivity contribution < 1.29 is 4.79 Å². The minimum absolute atomic E-state index is 0.00139. The number of amides is 1. The number of nitrogens with one attached hydrogen (secondary N) is 1. The number of fused-ring (bicyclic) bond motifs is 1. The normalized spacial score (nSPS) is 14.8. The standard InChI is InChI=1S/C23H26ClN5OS/c1-2-20(28-11-10-17-6-3-4-7-18(17)14-28)13-25-22(30)15-31-23-27-26-16-29(23)21-9-5-8-19(24)12-21/h3-9,12,16,20H,2,10-11,13-15H2,1H3,(H,25,30). The van der Waals surface area contributed by atoms with E-state index in [1.165, 1.54) is 22.9 Å². The van der Waals surface area contributed by atoms with Gasteiger partial charge in [0.15, 0.2) is 5.16 Å². The maximum absolute atomic E-state index is 12.5. The van der Waals surface area contributed by atoms with Gasteiger partial charge in [-0.2, -0.15) is 0 Å². The lowest BCUT2D eigenvalue weighted by molar-refractivity contribution is -0.118. The topological polar surface area (TPSA) is 63.1 Å². The van der Waals surface area contributed by atoms with Gasteiger partial charge in [0.05, 0.1) is 11.4 Å². The largest absolute Gasteiger partial charge is 0.354 e. The summed E-state index contributed by atoms with van der Waals surface area (Å²) in [5.74, 6) is 0.292.